The monoisotopic (exact) mass is 465 g/mol. The maximum Gasteiger partial charge on any atom is 0.265 e. The van der Waals surface area contributed by atoms with Gasteiger partial charge in [0.2, 0.25) is 5.91 Å². The molecule has 0 aliphatic carbocycles. The van der Waals surface area contributed by atoms with Gasteiger partial charge >= 0.3 is 0 Å². The number of likely N-dealkylation sites (N-methyl/N-ethyl adjacent to an activating group) is 1. The zero-order valence-electron chi connectivity index (χ0n) is 17.5. The van der Waals surface area contributed by atoms with Crippen molar-refractivity contribution < 1.29 is 19.1 Å². The molecule has 0 saturated heterocycles. The van der Waals surface area contributed by atoms with Gasteiger partial charge in [-0.15, -0.1) is 0 Å². The summed E-state index contributed by atoms with van der Waals surface area (Å²) in [5.74, 6) is 0.915. The summed E-state index contributed by atoms with van der Waals surface area (Å²) in [7, 11) is 3.90. The van der Waals surface area contributed by atoms with E-state index in [1.807, 2.05) is 19.0 Å². The summed E-state index contributed by atoms with van der Waals surface area (Å²) in [6.07, 6.45) is 0.800. The molecular weight excluding hydrogens is 441 g/mol. The molecule has 1 aliphatic rings. The Balaban J connectivity index is 1.53. The van der Waals surface area contributed by atoms with Crippen molar-refractivity contribution in [3.8, 4) is 11.5 Å². The molecule has 2 aromatic carbocycles. The molecule has 1 N–H and O–H groups in total. The summed E-state index contributed by atoms with van der Waals surface area (Å²) in [6, 6.07) is 10.3. The third kappa shape index (κ3) is 6.50. The van der Waals surface area contributed by atoms with Crippen molar-refractivity contribution in [1.82, 2.24) is 4.90 Å². The highest BCUT2D eigenvalue weighted by Gasteiger charge is 2.25. The highest BCUT2D eigenvalue weighted by atomic mass is 35.5. The molecule has 0 spiro atoms. The van der Waals surface area contributed by atoms with Crippen molar-refractivity contribution in [1.29, 1.82) is 0 Å². The van der Waals surface area contributed by atoms with E-state index in [1.165, 1.54) is 0 Å². The first-order valence-corrected chi connectivity index (χ1v) is 10.7. The Bertz CT molecular complexity index is 952. The van der Waals surface area contributed by atoms with Crippen molar-refractivity contribution in [3.05, 3.63) is 46.4 Å². The van der Waals surface area contributed by atoms with Crippen LogP contribution in [0.5, 0.6) is 11.5 Å². The fourth-order valence-corrected chi connectivity index (χ4v) is 3.52. The number of hydrogen-bond acceptors (Lipinski definition) is 5. The largest absolute Gasteiger partial charge is 0.492 e. The number of hydrogen-bond donors (Lipinski definition) is 1. The van der Waals surface area contributed by atoms with Crippen LogP contribution < -0.4 is 19.7 Å². The topological polar surface area (TPSA) is 71.1 Å². The number of halogens is 2. The molecule has 7 nitrogen and oxygen atoms in total. The second-order valence-electron chi connectivity index (χ2n) is 7.39. The molecule has 0 bridgehead atoms. The van der Waals surface area contributed by atoms with Crippen LogP contribution in [0.3, 0.4) is 0 Å². The van der Waals surface area contributed by atoms with E-state index in [4.69, 9.17) is 32.7 Å². The van der Waals surface area contributed by atoms with Gasteiger partial charge in [0, 0.05) is 30.2 Å². The molecule has 1 aliphatic heterocycles. The van der Waals surface area contributed by atoms with Crippen molar-refractivity contribution in [2.45, 2.75) is 12.8 Å². The fraction of sp³-hybridized carbons (Fsp3) is 0.364. The maximum atomic E-state index is 12.3. The molecule has 166 valence electrons. The van der Waals surface area contributed by atoms with Crippen LogP contribution in [0.25, 0.3) is 0 Å². The van der Waals surface area contributed by atoms with E-state index in [9.17, 15) is 9.59 Å². The number of amides is 2. The minimum atomic E-state index is -0.145. The lowest BCUT2D eigenvalue weighted by Gasteiger charge is -2.30. The van der Waals surface area contributed by atoms with Gasteiger partial charge in [0.25, 0.3) is 5.91 Å². The van der Waals surface area contributed by atoms with E-state index in [1.54, 1.807) is 41.3 Å². The minimum Gasteiger partial charge on any atom is -0.492 e. The van der Waals surface area contributed by atoms with Gasteiger partial charge in [-0.3, -0.25) is 9.59 Å². The van der Waals surface area contributed by atoms with Crippen molar-refractivity contribution in [2.75, 3.05) is 50.6 Å². The van der Waals surface area contributed by atoms with Crippen LogP contribution in [0, 0.1) is 0 Å². The zero-order valence-corrected chi connectivity index (χ0v) is 19.0. The highest BCUT2D eigenvalue weighted by Crippen LogP contribution is 2.34. The Hall–Kier alpha value is -2.48. The predicted octanol–water partition coefficient (Wildman–Crippen LogP) is 4.08. The highest BCUT2D eigenvalue weighted by molar-refractivity contribution is 6.35. The molecular formula is C22H25Cl2N3O4. The van der Waals surface area contributed by atoms with Gasteiger partial charge in [0.1, 0.15) is 11.5 Å². The van der Waals surface area contributed by atoms with Crippen LogP contribution in [0.15, 0.2) is 36.4 Å². The molecule has 2 amide bonds. The van der Waals surface area contributed by atoms with Crippen molar-refractivity contribution in [3.63, 3.8) is 0 Å². The van der Waals surface area contributed by atoms with Gasteiger partial charge in [0.15, 0.2) is 6.61 Å². The molecule has 0 atom stereocenters. The number of fused-ring (bicyclic) bond motifs is 1. The number of ether oxygens (including phenoxy) is 2. The van der Waals surface area contributed by atoms with E-state index in [2.05, 4.69) is 5.32 Å². The number of carbonyl (C=O) groups excluding carboxylic acids is 2. The lowest BCUT2D eigenvalue weighted by molar-refractivity contribution is -0.121. The number of anilines is 2. The molecule has 31 heavy (non-hydrogen) atoms. The first-order valence-electron chi connectivity index (χ1n) is 9.93. The van der Waals surface area contributed by atoms with Crippen LogP contribution in [-0.4, -0.2) is 57.1 Å². The van der Waals surface area contributed by atoms with Crippen LogP contribution >= 0.6 is 23.2 Å². The zero-order chi connectivity index (χ0) is 22.4. The summed E-state index contributed by atoms with van der Waals surface area (Å²) in [6.45, 7) is 1.63. The van der Waals surface area contributed by atoms with Crippen molar-refractivity contribution >= 4 is 46.4 Å². The van der Waals surface area contributed by atoms with Crippen LogP contribution in [0.2, 0.25) is 10.0 Å². The molecule has 1 heterocycles. The van der Waals surface area contributed by atoms with E-state index in [0.717, 1.165) is 6.54 Å². The standard InChI is InChI=1S/C22H25Cl2N3O4/c1-26(2)9-10-27-18-13-16(6-8-20(18)31-14-22(27)29)25-21(28)4-3-11-30-19-7-5-15(23)12-17(19)24/h5-8,12-13H,3-4,9-11,14H2,1-2H3,(H,25,28). The Morgan fingerprint density at radius 1 is 1.23 bits per heavy atom. The summed E-state index contributed by atoms with van der Waals surface area (Å²) in [4.78, 5) is 28.3. The average molecular weight is 466 g/mol. The molecule has 0 saturated carbocycles. The number of benzene rings is 2. The first-order chi connectivity index (χ1) is 14.8. The summed E-state index contributed by atoms with van der Waals surface area (Å²) >= 11 is 11.9. The van der Waals surface area contributed by atoms with E-state index in [0.29, 0.717) is 52.5 Å². The molecule has 0 radical (unpaired) electrons. The molecule has 0 aromatic heterocycles. The normalized spacial score (nSPS) is 13.1. The smallest absolute Gasteiger partial charge is 0.265 e. The van der Waals surface area contributed by atoms with Gasteiger partial charge in [-0.25, -0.2) is 0 Å². The first kappa shape index (κ1) is 23.2. The quantitative estimate of drug-likeness (QED) is 0.564. The lowest BCUT2D eigenvalue weighted by atomic mass is 10.2. The Morgan fingerprint density at radius 3 is 2.77 bits per heavy atom. The molecule has 9 heteroatoms. The average Bonchev–Trinajstić information content (AvgIpc) is 2.71. The Morgan fingerprint density at radius 2 is 2.03 bits per heavy atom. The SMILES string of the molecule is CN(C)CCN1C(=O)COc2ccc(NC(=O)CCCOc3ccc(Cl)cc3Cl)cc21. The van der Waals surface area contributed by atoms with Gasteiger partial charge in [-0.2, -0.15) is 0 Å². The number of nitrogens with one attached hydrogen (secondary N) is 1. The molecule has 2 aromatic rings. The number of rotatable bonds is 9. The summed E-state index contributed by atoms with van der Waals surface area (Å²) < 4.78 is 11.1. The van der Waals surface area contributed by atoms with Crippen LogP contribution in [0.1, 0.15) is 12.8 Å². The molecule has 0 unspecified atom stereocenters. The molecule has 3 rings (SSSR count). The van der Waals surface area contributed by atoms with Gasteiger partial charge in [0.05, 0.1) is 17.3 Å². The van der Waals surface area contributed by atoms with E-state index < -0.39 is 0 Å². The minimum absolute atomic E-state index is 0.0176. The maximum absolute atomic E-state index is 12.3. The third-order valence-electron chi connectivity index (χ3n) is 4.66. The second-order valence-corrected chi connectivity index (χ2v) is 8.24. The summed E-state index contributed by atoms with van der Waals surface area (Å²) in [5, 5.41) is 3.84. The Labute approximate surface area is 191 Å². The Kier molecular flexibility index (Phi) is 8.01. The van der Waals surface area contributed by atoms with Gasteiger partial charge in [-0.1, -0.05) is 23.2 Å². The van der Waals surface area contributed by atoms with Gasteiger partial charge < -0.3 is 24.6 Å². The number of carbonyl (C=O) groups is 2. The van der Waals surface area contributed by atoms with Crippen molar-refractivity contribution in [2.24, 2.45) is 0 Å². The molecule has 0 fully saturated rings. The van der Waals surface area contributed by atoms with Gasteiger partial charge in [-0.05, 0) is 56.9 Å². The van der Waals surface area contributed by atoms with E-state index >= 15 is 0 Å². The number of nitrogens with zero attached hydrogens (tertiary/aromatic N) is 2. The van der Waals surface area contributed by atoms with Crippen LogP contribution in [0.4, 0.5) is 11.4 Å². The predicted molar refractivity (Wildman–Crippen MR) is 123 cm³/mol. The second kappa shape index (κ2) is 10.7. The fourth-order valence-electron chi connectivity index (χ4n) is 3.06. The van der Waals surface area contributed by atoms with E-state index in [-0.39, 0.29) is 24.8 Å². The summed E-state index contributed by atoms with van der Waals surface area (Å²) in [5.41, 5.74) is 1.27. The third-order valence-corrected chi connectivity index (χ3v) is 5.19. The lowest BCUT2D eigenvalue weighted by Crippen LogP contribution is -2.42. The van der Waals surface area contributed by atoms with Crippen LogP contribution in [-0.2, 0) is 9.59 Å².